The molecule has 0 spiro atoms. The van der Waals surface area contributed by atoms with Gasteiger partial charge >= 0.3 is 11.9 Å². The fourth-order valence-corrected chi connectivity index (χ4v) is 2.98. The van der Waals surface area contributed by atoms with Crippen LogP contribution in [0.1, 0.15) is 15.4 Å². The smallest absolute Gasteiger partial charge is 0.349 e. The van der Waals surface area contributed by atoms with Crippen molar-refractivity contribution in [1.82, 2.24) is 4.98 Å². The van der Waals surface area contributed by atoms with Crippen molar-refractivity contribution in [1.29, 1.82) is 5.26 Å². The summed E-state index contributed by atoms with van der Waals surface area (Å²) < 4.78 is 15.2. The number of hydrogen-bond acceptors (Lipinski definition) is 7. The highest BCUT2D eigenvalue weighted by Gasteiger charge is 2.13. The number of carbonyl (C=O) groups excluding carboxylic acids is 2. The van der Waals surface area contributed by atoms with E-state index in [2.05, 4.69) is 9.83 Å². The van der Waals surface area contributed by atoms with Crippen molar-refractivity contribution in [2.24, 2.45) is 0 Å². The van der Waals surface area contributed by atoms with Crippen LogP contribution in [0, 0.1) is 24.8 Å². The molecule has 2 aromatic heterocycles. The number of hydrogen-bond donors (Lipinski definition) is 1. The van der Waals surface area contributed by atoms with Crippen LogP contribution in [0.3, 0.4) is 0 Å². The van der Waals surface area contributed by atoms with E-state index in [4.69, 9.17) is 26.0 Å². The summed E-state index contributed by atoms with van der Waals surface area (Å²) >= 11 is 1.47. The number of aromatic amines is 1. The first kappa shape index (κ1) is 22.6. The van der Waals surface area contributed by atoms with Gasteiger partial charge in [0.25, 0.3) is 5.70 Å². The van der Waals surface area contributed by atoms with Crippen LogP contribution in [0.15, 0.2) is 41.7 Å². The summed E-state index contributed by atoms with van der Waals surface area (Å²) in [6.45, 7) is 9.11. The molecule has 0 amide bonds. The van der Waals surface area contributed by atoms with Gasteiger partial charge < -0.3 is 19.2 Å². The van der Waals surface area contributed by atoms with Gasteiger partial charge in [0.15, 0.2) is 0 Å². The number of H-pyrrole nitrogens is 1. The fraction of sp³-hybridized carbons (Fsp3) is 0.238. The van der Waals surface area contributed by atoms with Gasteiger partial charge in [-0.25, -0.2) is 9.64 Å². The van der Waals surface area contributed by atoms with Gasteiger partial charge in [0.2, 0.25) is 0 Å². The van der Waals surface area contributed by atoms with Crippen molar-refractivity contribution < 1.29 is 23.8 Å². The van der Waals surface area contributed by atoms with Crippen LogP contribution in [0.25, 0.3) is 17.0 Å². The highest BCUT2D eigenvalue weighted by Crippen LogP contribution is 2.19. The standard InChI is InChI=1S/C21H19N3O5S/c1-15-5-6-18(30-15)13-19(23-2)21(26)29-11-9-27-8-10-28-20(25)16(14-22)12-17-4-3-7-24-17/h3-7,12-13,24H,8-11H2,1H3/b16-12+,19-13-. The molecule has 1 N–H and O–H groups in total. The van der Waals surface area contributed by atoms with E-state index in [1.54, 1.807) is 24.4 Å². The molecule has 2 rings (SSSR count). The zero-order chi connectivity index (χ0) is 21.8. The minimum atomic E-state index is -0.752. The third-order valence-corrected chi connectivity index (χ3v) is 4.50. The molecule has 0 atom stereocenters. The van der Waals surface area contributed by atoms with Gasteiger partial charge in [0, 0.05) is 21.6 Å². The van der Waals surface area contributed by atoms with Crippen molar-refractivity contribution in [3.05, 3.63) is 68.6 Å². The van der Waals surface area contributed by atoms with Crippen LogP contribution >= 0.6 is 11.3 Å². The Kier molecular flexibility index (Phi) is 9.07. The molecule has 2 heterocycles. The van der Waals surface area contributed by atoms with Crippen molar-refractivity contribution in [2.45, 2.75) is 6.92 Å². The van der Waals surface area contributed by atoms with Crippen molar-refractivity contribution >= 4 is 35.4 Å². The number of nitrogens with zero attached hydrogens (tertiary/aromatic N) is 2. The second-order valence-electron chi connectivity index (χ2n) is 5.77. The summed E-state index contributed by atoms with van der Waals surface area (Å²) in [5.41, 5.74) is 0.373. The van der Waals surface area contributed by atoms with Gasteiger partial charge in [0.05, 0.1) is 19.8 Å². The molecular weight excluding hydrogens is 406 g/mol. The number of nitrogens with one attached hydrogen (secondary N) is 1. The molecule has 9 heteroatoms. The normalized spacial score (nSPS) is 11.4. The summed E-state index contributed by atoms with van der Waals surface area (Å²) in [6.07, 6.45) is 4.55. The van der Waals surface area contributed by atoms with E-state index < -0.39 is 11.9 Å². The molecule has 2 aromatic rings. The van der Waals surface area contributed by atoms with Gasteiger partial charge in [-0.1, -0.05) is 0 Å². The Morgan fingerprint density at radius 3 is 2.47 bits per heavy atom. The number of carbonyl (C=O) groups is 2. The van der Waals surface area contributed by atoms with Crippen LogP contribution in [0.4, 0.5) is 0 Å². The average molecular weight is 425 g/mol. The van der Waals surface area contributed by atoms with Crippen molar-refractivity contribution in [3.8, 4) is 6.07 Å². The lowest BCUT2D eigenvalue weighted by Crippen LogP contribution is -2.15. The van der Waals surface area contributed by atoms with Crippen molar-refractivity contribution in [2.75, 3.05) is 26.4 Å². The number of nitriles is 1. The maximum Gasteiger partial charge on any atom is 0.349 e. The van der Waals surface area contributed by atoms with Crippen molar-refractivity contribution in [3.63, 3.8) is 0 Å². The number of thiophene rings is 1. The maximum atomic E-state index is 11.9. The number of aryl methyl sites for hydroxylation is 1. The summed E-state index contributed by atoms with van der Waals surface area (Å²) in [5, 5.41) is 9.04. The Morgan fingerprint density at radius 1 is 1.17 bits per heavy atom. The molecule has 0 aliphatic carbocycles. The molecule has 0 aliphatic rings. The van der Waals surface area contributed by atoms with Crippen LogP contribution in [0.2, 0.25) is 0 Å². The number of aromatic nitrogens is 1. The highest BCUT2D eigenvalue weighted by molar-refractivity contribution is 7.12. The molecule has 0 aromatic carbocycles. The molecule has 0 unspecified atom stereocenters. The molecule has 30 heavy (non-hydrogen) atoms. The first-order valence-electron chi connectivity index (χ1n) is 8.86. The van der Waals surface area contributed by atoms with E-state index in [1.807, 2.05) is 19.1 Å². The van der Waals surface area contributed by atoms with E-state index in [1.165, 1.54) is 23.5 Å². The average Bonchev–Trinajstić information content (AvgIpc) is 3.40. The summed E-state index contributed by atoms with van der Waals surface area (Å²) in [7, 11) is 0. The van der Waals surface area contributed by atoms with Gasteiger partial charge in [-0.2, -0.15) is 5.26 Å². The summed E-state index contributed by atoms with van der Waals surface area (Å²) in [6, 6.07) is 8.97. The third-order valence-electron chi connectivity index (χ3n) is 3.55. The topological polar surface area (TPSA) is 106 Å². The lowest BCUT2D eigenvalue weighted by Gasteiger charge is -2.06. The predicted molar refractivity (Wildman–Crippen MR) is 111 cm³/mol. The number of esters is 2. The Bertz CT molecular complexity index is 1010. The molecule has 0 aliphatic heterocycles. The highest BCUT2D eigenvalue weighted by atomic mass is 32.1. The zero-order valence-corrected chi connectivity index (χ0v) is 17.0. The van der Waals surface area contributed by atoms with E-state index in [0.717, 1.165) is 9.75 Å². The van der Waals surface area contributed by atoms with E-state index in [0.29, 0.717) is 5.69 Å². The van der Waals surface area contributed by atoms with Gasteiger partial charge in [0.1, 0.15) is 24.9 Å². The molecule has 0 radical (unpaired) electrons. The van der Waals surface area contributed by atoms with Crippen LogP contribution in [-0.2, 0) is 23.8 Å². The van der Waals surface area contributed by atoms with Gasteiger partial charge in [-0.05, 0) is 43.3 Å². The lowest BCUT2D eigenvalue weighted by atomic mass is 10.2. The molecule has 154 valence electrons. The second-order valence-corrected chi connectivity index (χ2v) is 7.09. The van der Waals surface area contributed by atoms with Crippen LogP contribution in [0.5, 0.6) is 0 Å². The monoisotopic (exact) mass is 425 g/mol. The predicted octanol–water partition coefficient (Wildman–Crippen LogP) is 3.35. The third kappa shape index (κ3) is 7.40. The molecule has 0 saturated carbocycles. The van der Waals surface area contributed by atoms with Gasteiger partial charge in [-0.15, -0.1) is 11.3 Å². The molecular formula is C21H19N3O5S. The Balaban J connectivity index is 1.65. The van der Waals surface area contributed by atoms with E-state index >= 15 is 0 Å². The number of ether oxygens (including phenoxy) is 3. The first-order chi connectivity index (χ1) is 14.5. The summed E-state index contributed by atoms with van der Waals surface area (Å²) in [4.78, 5) is 31.7. The van der Waals surface area contributed by atoms with E-state index in [9.17, 15) is 9.59 Å². The first-order valence-corrected chi connectivity index (χ1v) is 9.68. The lowest BCUT2D eigenvalue weighted by molar-refractivity contribution is -0.141. The molecule has 0 bridgehead atoms. The quantitative estimate of drug-likeness (QED) is 0.206. The Hall–Kier alpha value is -3.66. The maximum absolute atomic E-state index is 11.9. The molecule has 8 nitrogen and oxygen atoms in total. The zero-order valence-electron chi connectivity index (χ0n) is 16.2. The summed E-state index contributed by atoms with van der Waals surface area (Å²) in [5.74, 6) is -1.48. The molecule has 0 saturated heterocycles. The van der Waals surface area contributed by atoms with Gasteiger partial charge in [-0.3, -0.25) is 4.79 Å². The minimum absolute atomic E-state index is 0.0424. The van der Waals surface area contributed by atoms with Crippen LogP contribution in [-0.4, -0.2) is 43.4 Å². The Labute approximate surface area is 177 Å². The Morgan fingerprint density at radius 2 is 1.90 bits per heavy atom. The second kappa shape index (κ2) is 12.0. The largest absolute Gasteiger partial charge is 0.468 e. The molecule has 0 fully saturated rings. The SMILES string of the molecule is [C-]#[N+]/C(=C\c1ccc(C)s1)C(=O)OCCOCCOC(=O)/C(C#N)=C/c1ccc[nH]1. The minimum Gasteiger partial charge on any atom is -0.468 e. The van der Waals surface area contributed by atoms with E-state index in [-0.39, 0.29) is 37.7 Å². The van der Waals surface area contributed by atoms with Crippen LogP contribution < -0.4 is 0 Å². The fourth-order valence-electron chi connectivity index (χ4n) is 2.17. The number of rotatable bonds is 10.